The number of anilines is 2. The lowest BCUT2D eigenvalue weighted by Crippen LogP contribution is -2.21. The molecule has 1 amide bonds. The minimum absolute atomic E-state index is 0.348. The van der Waals surface area contributed by atoms with E-state index in [-0.39, 0.29) is 5.91 Å². The Morgan fingerprint density at radius 1 is 1.19 bits per heavy atom. The van der Waals surface area contributed by atoms with Gasteiger partial charge in [-0.05, 0) is 37.5 Å². The molecule has 2 N–H and O–H groups in total. The quantitative estimate of drug-likeness (QED) is 0.746. The highest BCUT2D eigenvalue weighted by molar-refractivity contribution is 6.09. The van der Waals surface area contributed by atoms with Gasteiger partial charge in [0, 0.05) is 36.9 Å². The van der Waals surface area contributed by atoms with Crippen molar-refractivity contribution in [2.24, 2.45) is 0 Å². The van der Waals surface area contributed by atoms with Crippen molar-refractivity contribution in [3.05, 3.63) is 53.4 Å². The minimum Gasteiger partial charge on any atom is -0.359 e. The largest absolute Gasteiger partial charge is 0.359 e. The van der Waals surface area contributed by atoms with Gasteiger partial charge < -0.3 is 15.2 Å². The van der Waals surface area contributed by atoms with Gasteiger partial charge in [-0.2, -0.15) is 0 Å². The molecule has 5 nitrogen and oxygen atoms in total. The van der Waals surface area contributed by atoms with Gasteiger partial charge in [0.25, 0.3) is 5.91 Å². The topological polar surface area (TPSA) is 61.0 Å². The van der Waals surface area contributed by atoms with Gasteiger partial charge in [0.2, 0.25) is 0 Å². The summed E-state index contributed by atoms with van der Waals surface area (Å²) in [7, 11) is 0. The lowest BCUT2D eigenvalue weighted by molar-refractivity contribution is 0.102. The molecule has 0 radical (unpaired) electrons. The van der Waals surface area contributed by atoms with Crippen molar-refractivity contribution < 1.29 is 13.6 Å². The summed E-state index contributed by atoms with van der Waals surface area (Å²) >= 11 is 0. The normalized spacial score (nSPS) is 14.2. The van der Waals surface area contributed by atoms with Gasteiger partial charge in [-0.1, -0.05) is 0 Å². The second-order valence-corrected chi connectivity index (χ2v) is 6.53. The Morgan fingerprint density at radius 2 is 1.92 bits per heavy atom. The first kappa shape index (κ1) is 16.5. The molecule has 1 aromatic carbocycles. The van der Waals surface area contributed by atoms with Gasteiger partial charge in [0.05, 0.1) is 16.8 Å². The van der Waals surface area contributed by atoms with E-state index >= 15 is 0 Å². The smallest absolute Gasteiger partial charge is 0.257 e. The van der Waals surface area contributed by atoms with Crippen molar-refractivity contribution in [1.29, 1.82) is 0 Å². The number of carbonyl (C=O) groups is 1. The van der Waals surface area contributed by atoms with Crippen LogP contribution in [0.25, 0.3) is 10.9 Å². The number of aromatic nitrogens is 2. The van der Waals surface area contributed by atoms with Crippen molar-refractivity contribution >= 4 is 28.3 Å². The number of amides is 1. The summed E-state index contributed by atoms with van der Waals surface area (Å²) in [5, 5.41) is 3.14. The van der Waals surface area contributed by atoms with Gasteiger partial charge >= 0.3 is 0 Å². The number of aromatic amines is 1. The lowest BCUT2D eigenvalue weighted by Gasteiger charge is -2.19. The number of nitrogens with one attached hydrogen (secondary N) is 2. The van der Waals surface area contributed by atoms with Crippen LogP contribution in [-0.2, 0) is 0 Å². The summed E-state index contributed by atoms with van der Waals surface area (Å²) in [6, 6.07) is 3.93. The maximum Gasteiger partial charge on any atom is 0.257 e. The third-order valence-electron chi connectivity index (χ3n) is 4.69. The molecule has 1 aliphatic rings. The number of benzene rings is 1. The summed E-state index contributed by atoms with van der Waals surface area (Å²) in [5.74, 6) is -1.34. The number of carbonyl (C=O) groups excluding carboxylic acids is 1. The zero-order valence-electron chi connectivity index (χ0n) is 14.3. The SMILES string of the molecule is Cc1cc(C(=O)Nc2c[nH]c3cc(F)c(F)cc23)cnc1N1CCCC1. The molecule has 1 fully saturated rings. The first-order chi connectivity index (χ1) is 12.5. The minimum atomic E-state index is -0.958. The molecule has 7 heteroatoms. The number of H-pyrrole nitrogens is 1. The van der Waals surface area contributed by atoms with Gasteiger partial charge in [0.1, 0.15) is 5.82 Å². The highest BCUT2D eigenvalue weighted by Gasteiger charge is 2.18. The van der Waals surface area contributed by atoms with E-state index < -0.39 is 11.6 Å². The van der Waals surface area contributed by atoms with Gasteiger partial charge in [-0.3, -0.25) is 4.79 Å². The van der Waals surface area contributed by atoms with Crippen LogP contribution in [0.1, 0.15) is 28.8 Å². The van der Waals surface area contributed by atoms with E-state index in [4.69, 9.17) is 0 Å². The van der Waals surface area contributed by atoms with Crippen LogP contribution >= 0.6 is 0 Å². The summed E-state index contributed by atoms with van der Waals surface area (Å²) < 4.78 is 26.8. The Morgan fingerprint density at radius 3 is 2.65 bits per heavy atom. The fraction of sp³-hybridized carbons (Fsp3) is 0.263. The van der Waals surface area contributed by atoms with E-state index in [9.17, 15) is 13.6 Å². The molecule has 1 saturated heterocycles. The van der Waals surface area contributed by atoms with Gasteiger partial charge in [0.15, 0.2) is 11.6 Å². The molecule has 3 heterocycles. The average molecular weight is 356 g/mol. The molecule has 0 bridgehead atoms. The molecule has 0 spiro atoms. The zero-order valence-corrected chi connectivity index (χ0v) is 14.3. The number of pyridine rings is 1. The molecular formula is C19H18F2N4O. The van der Waals surface area contributed by atoms with Crippen molar-refractivity contribution in [3.8, 4) is 0 Å². The highest BCUT2D eigenvalue weighted by atomic mass is 19.2. The molecular weight excluding hydrogens is 338 g/mol. The molecule has 4 rings (SSSR count). The average Bonchev–Trinajstić information content (AvgIpc) is 3.26. The fourth-order valence-corrected chi connectivity index (χ4v) is 3.37. The third kappa shape index (κ3) is 2.89. The zero-order chi connectivity index (χ0) is 18.3. The monoisotopic (exact) mass is 356 g/mol. The summed E-state index contributed by atoms with van der Waals surface area (Å²) in [5.41, 5.74) is 2.16. The van der Waals surface area contributed by atoms with Crippen LogP contribution in [0.3, 0.4) is 0 Å². The van der Waals surface area contributed by atoms with E-state index in [2.05, 4.69) is 20.2 Å². The number of halogens is 2. The number of aryl methyl sites for hydroxylation is 1. The molecule has 0 unspecified atom stereocenters. The highest BCUT2D eigenvalue weighted by Crippen LogP contribution is 2.27. The molecule has 26 heavy (non-hydrogen) atoms. The Balaban J connectivity index is 1.58. The maximum absolute atomic E-state index is 13.5. The number of nitrogens with zero attached hydrogens (tertiary/aromatic N) is 2. The second-order valence-electron chi connectivity index (χ2n) is 6.53. The molecule has 3 aromatic rings. The molecule has 134 valence electrons. The van der Waals surface area contributed by atoms with Gasteiger partial charge in [-0.25, -0.2) is 13.8 Å². The van der Waals surface area contributed by atoms with E-state index in [1.54, 1.807) is 12.3 Å². The first-order valence-corrected chi connectivity index (χ1v) is 8.52. The number of rotatable bonds is 3. The molecule has 0 saturated carbocycles. The van der Waals surface area contributed by atoms with E-state index in [0.717, 1.165) is 49.4 Å². The van der Waals surface area contributed by atoms with E-state index in [0.29, 0.717) is 22.2 Å². The predicted octanol–water partition coefficient (Wildman–Crippen LogP) is 4.00. The molecule has 0 atom stereocenters. The van der Waals surface area contributed by atoms with Crippen LogP contribution in [0.2, 0.25) is 0 Å². The van der Waals surface area contributed by atoms with Crippen molar-refractivity contribution in [2.75, 3.05) is 23.3 Å². The number of hydrogen-bond acceptors (Lipinski definition) is 3. The van der Waals surface area contributed by atoms with Crippen molar-refractivity contribution in [3.63, 3.8) is 0 Å². The summed E-state index contributed by atoms with van der Waals surface area (Å²) in [6.07, 6.45) is 5.37. The van der Waals surface area contributed by atoms with Crippen LogP contribution in [0, 0.1) is 18.6 Å². The Kier molecular flexibility index (Phi) is 4.06. The third-order valence-corrected chi connectivity index (χ3v) is 4.69. The summed E-state index contributed by atoms with van der Waals surface area (Å²) in [4.78, 5) is 22.0. The number of fused-ring (bicyclic) bond motifs is 1. The first-order valence-electron chi connectivity index (χ1n) is 8.52. The maximum atomic E-state index is 13.5. The van der Waals surface area contributed by atoms with Crippen LogP contribution < -0.4 is 10.2 Å². The molecule has 1 aliphatic heterocycles. The van der Waals surface area contributed by atoms with Crippen molar-refractivity contribution in [1.82, 2.24) is 9.97 Å². The Labute approximate surface area is 149 Å². The second kappa shape index (κ2) is 6.40. The van der Waals surface area contributed by atoms with Crippen molar-refractivity contribution in [2.45, 2.75) is 19.8 Å². The Hall–Kier alpha value is -2.96. The van der Waals surface area contributed by atoms with Crippen LogP contribution in [0.5, 0.6) is 0 Å². The molecule has 2 aromatic heterocycles. The standard InChI is InChI=1S/C19H18F2N4O/c1-11-6-12(9-23-18(11)25-4-2-3-5-25)19(26)24-17-10-22-16-8-15(21)14(20)7-13(16)17/h6-10,22H,2-5H2,1H3,(H,24,26). The van der Waals surface area contributed by atoms with Crippen LogP contribution in [0.4, 0.5) is 20.3 Å². The van der Waals surface area contributed by atoms with E-state index in [1.807, 2.05) is 6.92 Å². The predicted molar refractivity (Wildman–Crippen MR) is 96.6 cm³/mol. The fourth-order valence-electron chi connectivity index (χ4n) is 3.37. The Bertz CT molecular complexity index is 993. The summed E-state index contributed by atoms with van der Waals surface area (Å²) in [6.45, 7) is 3.90. The van der Waals surface area contributed by atoms with E-state index in [1.165, 1.54) is 6.20 Å². The lowest BCUT2D eigenvalue weighted by atomic mass is 10.1. The van der Waals surface area contributed by atoms with Crippen LogP contribution in [0.15, 0.2) is 30.6 Å². The van der Waals surface area contributed by atoms with Gasteiger partial charge in [-0.15, -0.1) is 0 Å². The van der Waals surface area contributed by atoms with Crippen LogP contribution in [-0.4, -0.2) is 29.0 Å². The molecule has 0 aliphatic carbocycles. The number of hydrogen-bond donors (Lipinski definition) is 2.